The fourth-order valence-corrected chi connectivity index (χ4v) is 3.29. The van der Waals surface area contributed by atoms with E-state index in [2.05, 4.69) is 26.2 Å². The van der Waals surface area contributed by atoms with E-state index in [1.165, 1.54) is 12.4 Å². The summed E-state index contributed by atoms with van der Waals surface area (Å²) in [4.78, 5) is 18.0. The van der Waals surface area contributed by atoms with Gasteiger partial charge in [-0.2, -0.15) is 13.2 Å². The van der Waals surface area contributed by atoms with Crippen molar-refractivity contribution in [2.75, 3.05) is 18.9 Å². The number of imidazole rings is 1. The molecular weight excluding hydrogens is 401 g/mol. The lowest BCUT2D eigenvalue weighted by Gasteiger charge is -2.20. The highest BCUT2D eigenvalue weighted by molar-refractivity contribution is 9.10. The molecule has 2 aromatic rings. The Labute approximate surface area is 151 Å². The average Bonchev–Trinajstić information content (AvgIpc) is 3.02. The number of alkyl halides is 3. The quantitative estimate of drug-likeness (QED) is 0.812. The number of fused-ring (bicyclic) bond motifs is 1. The van der Waals surface area contributed by atoms with Crippen molar-refractivity contribution < 1.29 is 18.0 Å². The van der Waals surface area contributed by atoms with Crippen LogP contribution < -0.4 is 5.32 Å². The Morgan fingerprint density at radius 2 is 2.16 bits per heavy atom. The zero-order valence-corrected chi connectivity index (χ0v) is 14.9. The second-order valence-electron chi connectivity index (χ2n) is 6.06. The second-order valence-corrected chi connectivity index (χ2v) is 6.97. The van der Waals surface area contributed by atoms with E-state index in [1.807, 2.05) is 18.2 Å². The van der Waals surface area contributed by atoms with Gasteiger partial charge in [-0.3, -0.25) is 9.69 Å². The first-order valence-corrected chi connectivity index (χ1v) is 8.38. The number of halogens is 4. The first kappa shape index (κ1) is 17.9. The lowest BCUT2D eigenvalue weighted by atomic mass is 10.0. The Morgan fingerprint density at radius 1 is 1.40 bits per heavy atom. The molecule has 0 bridgehead atoms. The first-order valence-electron chi connectivity index (χ1n) is 7.58. The maximum atomic E-state index is 12.6. The molecule has 1 unspecified atom stereocenters. The van der Waals surface area contributed by atoms with E-state index >= 15 is 0 Å². The maximum Gasteiger partial charge on any atom is 0.406 e. The van der Waals surface area contributed by atoms with Crippen LogP contribution in [0.5, 0.6) is 0 Å². The van der Waals surface area contributed by atoms with E-state index in [9.17, 15) is 18.0 Å². The van der Waals surface area contributed by atoms with Crippen LogP contribution in [0.1, 0.15) is 17.3 Å². The predicted molar refractivity (Wildman–Crippen MR) is 90.1 cm³/mol. The second kappa shape index (κ2) is 6.80. The molecule has 0 fully saturated rings. The van der Waals surface area contributed by atoms with Gasteiger partial charge in [-0.1, -0.05) is 22.0 Å². The number of anilines is 1. The summed E-state index contributed by atoms with van der Waals surface area (Å²) in [5.74, 6) is -0.160. The fraction of sp³-hybridized carbons (Fsp3) is 0.375. The zero-order chi connectivity index (χ0) is 18.2. The van der Waals surface area contributed by atoms with Gasteiger partial charge in [-0.25, -0.2) is 4.98 Å². The highest BCUT2D eigenvalue weighted by atomic mass is 79.9. The van der Waals surface area contributed by atoms with Crippen molar-refractivity contribution in [3.8, 4) is 0 Å². The molecule has 0 saturated heterocycles. The summed E-state index contributed by atoms with van der Waals surface area (Å²) in [6.07, 6.45) is -1.64. The number of carbonyl (C=O) groups is 1. The van der Waals surface area contributed by atoms with Gasteiger partial charge in [0.15, 0.2) is 0 Å². The molecule has 1 aromatic heterocycles. The largest absolute Gasteiger partial charge is 0.406 e. The van der Waals surface area contributed by atoms with E-state index in [0.29, 0.717) is 12.4 Å². The van der Waals surface area contributed by atoms with Crippen LogP contribution in [0.3, 0.4) is 0 Å². The number of likely N-dealkylation sites (N-methyl/N-ethyl adjacent to an activating group) is 1. The van der Waals surface area contributed by atoms with Crippen molar-refractivity contribution in [1.82, 2.24) is 14.5 Å². The number of nitrogens with one attached hydrogen (secondary N) is 1. The lowest BCUT2D eigenvalue weighted by Crippen LogP contribution is -2.30. The molecule has 1 aliphatic heterocycles. The van der Waals surface area contributed by atoms with Gasteiger partial charge < -0.3 is 9.88 Å². The van der Waals surface area contributed by atoms with E-state index in [0.717, 1.165) is 20.3 Å². The third-order valence-corrected chi connectivity index (χ3v) is 4.52. The summed E-state index contributed by atoms with van der Waals surface area (Å²) >= 11 is 3.36. The van der Waals surface area contributed by atoms with Gasteiger partial charge in [0.1, 0.15) is 12.4 Å². The Hall–Kier alpha value is -1.87. The van der Waals surface area contributed by atoms with E-state index in [-0.39, 0.29) is 18.4 Å². The van der Waals surface area contributed by atoms with Crippen LogP contribution in [0.2, 0.25) is 0 Å². The Bertz CT molecular complexity index is 790. The Kier molecular flexibility index (Phi) is 4.88. The van der Waals surface area contributed by atoms with Crippen molar-refractivity contribution in [3.63, 3.8) is 0 Å². The molecule has 0 spiro atoms. The van der Waals surface area contributed by atoms with Crippen LogP contribution in [-0.4, -0.2) is 40.1 Å². The topological polar surface area (TPSA) is 50.2 Å². The Balaban J connectivity index is 1.69. The smallest absolute Gasteiger partial charge is 0.325 e. The number of carbonyl (C=O) groups excluding carboxylic acids is 1. The first-order chi connectivity index (χ1) is 11.7. The van der Waals surface area contributed by atoms with Gasteiger partial charge >= 0.3 is 6.18 Å². The summed E-state index contributed by atoms with van der Waals surface area (Å²) in [7, 11) is 1.76. The number of rotatable bonds is 5. The van der Waals surface area contributed by atoms with Crippen LogP contribution >= 0.6 is 15.9 Å². The molecule has 9 heteroatoms. The van der Waals surface area contributed by atoms with Gasteiger partial charge in [-0.05, 0) is 24.7 Å². The molecule has 1 N–H and O–H groups in total. The molecular formula is C16H16BrF3N4O. The van der Waals surface area contributed by atoms with E-state index < -0.39 is 12.7 Å². The number of hydrogen-bond donors (Lipinski definition) is 1. The molecule has 1 aliphatic rings. The van der Waals surface area contributed by atoms with Crippen molar-refractivity contribution in [2.24, 2.45) is 0 Å². The number of hydrogen-bond acceptors (Lipinski definition) is 3. The lowest BCUT2D eigenvalue weighted by molar-refractivity contribution is -0.141. The molecule has 134 valence electrons. The normalized spacial score (nSPS) is 17.0. The summed E-state index contributed by atoms with van der Waals surface area (Å²) in [6, 6.07) is 5.58. The molecule has 1 atom stereocenters. The molecule has 3 rings (SSSR count). The summed E-state index contributed by atoms with van der Waals surface area (Å²) in [5.41, 5.74) is 1.65. The minimum atomic E-state index is -4.30. The minimum absolute atomic E-state index is 0.112. The third-order valence-electron chi connectivity index (χ3n) is 4.02. The van der Waals surface area contributed by atoms with Crippen LogP contribution in [0.25, 0.3) is 0 Å². The van der Waals surface area contributed by atoms with Crippen molar-refractivity contribution in [1.29, 1.82) is 0 Å². The number of amides is 1. The highest BCUT2D eigenvalue weighted by Crippen LogP contribution is 2.35. The van der Waals surface area contributed by atoms with Crippen LogP contribution in [0, 0.1) is 0 Å². The number of nitrogens with zero attached hydrogens (tertiary/aromatic N) is 3. The maximum absolute atomic E-state index is 12.6. The summed E-state index contributed by atoms with van der Waals surface area (Å²) < 4.78 is 39.7. The summed E-state index contributed by atoms with van der Waals surface area (Å²) in [6.45, 7) is -0.463. The van der Waals surface area contributed by atoms with E-state index in [4.69, 9.17) is 0 Å². The minimum Gasteiger partial charge on any atom is -0.325 e. The van der Waals surface area contributed by atoms with Crippen LogP contribution in [0.4, 0.5) is 18.9 Å². The fourth-order valence-electron chi connectivity index (χ4n) is 2.93. The molecule has 5 nitrogen and oxygen atoms in total. The average molecular weight is 417 g/mol. The number of benzene rings is 1. The third kappa shape index (κ3) is 4.21. The van der Waals surface area contributed by atoms with Crippen molar-refractivity contribution >= 4 is 27.5 Å². The van der Waals surface area contributed by atoms with Crippen molar-refractivity contribution in [3.05, 3.63) is 46.5 Å². The van der Waals surface area contributed by atoms with E-state index in [1.54, 1.807) is 11.9 Å². The zero-order valence-electron chi connectivity index (χ0n) is 13.3. The van der Waals surface area contributed by atoms with Gasteiger partial charge in [-0.15, -0.1) is 0 Å². The molecule has 2 heterocycles. The predicted octanol–water partition coefficient (Wildman–Crippen LogP) is 3.38. The molecule has 0 radical (unpaired) electrons. The molecule has 25 heavy (non-hydrogen) atoms. The highest BCUT2D eigenvalue weighted by Gasteiger charge is 2.32. The van der Waals surface area contributed by atoms with Gasteiger partial charge in [0, 0.05) is 29.1 Å². The molecule has 1 aromatic carbocycles. The number of aromatic nitrogens is 2. The SMILES string of the molecule is CN(Cc1nccn1CC(F)(F)F)CC1C(=O)Nc2cc(Br)ccc21. The molecule has 1 amide bonds. The Morgan fingerprint density at radius 3 is 2.88 bits per heavy atom. The van der Waals surface area contributed by atoms with Gasteiger partial charge in [0.05, 0.1) is 12.5 Å². The summed E-state index contributed by atoms with van der Waals surface area (Å²) in [5, 5.41) is 2.83. The monoisotopic (exact) mass is 416 g/mol. The van der Waals surface area contributed by atoms with Crippen molar-refractivity contribution in [2.45, 2.75) is 25.2 Å². The van der Waals surface area contributed by atoms with Gasteiger partial charge in [0.25, 0.3) is 0 Å². The standard InChI is InChI=1S/C16H16BrF3N4O/c1-23(8-14-21-4-5-24(14)9-16(18,19)20)7-12-11-3-2-10(17)6-13(11)22-15(12)25/h2-6,12H,7-9H2,1H3,(H,22,25). The molecule has 0 aliphatic carbocycles. The molecule has 0 saturated carbocycles. The van der Waals surface area contributed by atoms with Crippen LogP contribution in [-0.2, 0) is 17.9 Å². The van der Waals surface area contributed by atoms with Crippen LogP contribution in [0.15, 0.2) is 35.1 Å². The van der Waals surface area contributed by atoms with Gasteiger partial charge in [0.2, 0.25) is 5.91 Å².